The maximum atomic E-state index is 12.7. The number of morpholine rings is 1. The predicted octanol–water partition coefficient (Wildman–Crippen LogP) is 0.956. The Morgan fingerprint density at radius 2 is 2.00 bits per heavy atom. The topological polar surface area (TPSA) is 59.1 Å². The average molecular weight is 328 g/mol. The fourth-order valence-corrected chi connectivity index (χ4v) is 3.80. The number of sulfonamides is 1. The third-order valence-electron chi connectivity index (χ3n) is 3.91. The molecule has 1 aliphatic rings. The molecule has 1 aromatic carbocycles. The Balaban J connectivity index is 2.05. The van der Waals surface area contributed by atoms with Gasteiger partial charge < -0.3 is 9.47 Å². The van der Waals surface area contributed by atoms with Crippen LogP contribution >= 0.6 is 0 Å². The fourth-order valence-electron chi connectivity index (χ4n) is 2.43. The standard InChI is InChI=1S/C15H24N2O4S/c1-13-12-14(20-3)4-5-15(13)22(18,19)16(2)6-7-17-8-10-21-11-9-17/h4-5,12H,6-11H2,1-3H3. The van der Waals surface area contributed by atoms with E-state index in [1.807, 2.05) is 0 Å². The number of hydrogen-bond acceptors (Lipinski definition) is 5. The Bertz CT molecular complexity index is 598. The van der Waals surface area contributed by atoms with E-state index in [0.29, 0.717) is 42.5 Å². The van der Waals surface area contributed by atoms with Crippen molar-refractivity contribution in [1.29, 1.82) is 0 Å². The monoisotopic (exact) mass is 328 g/mol. The molecule has 7 heteroatoms. The number of benzene rings is 1. The van der Waals surface area contributed by atoms with Crippen LogP contribution in [0.5, 0.6) is 5.75 Å². The molecule has 6 nitrogen and oxygen atoms in total. The SMILES string of the molecule is COc1ccc(S(=O)(=O)N(C)CCN2CCOCC2)c(C)c1. The molecule has 0 radical (unpaired) electrons. The number of likely N-dealkylation sites (N-methyl/N-ethyl adjacent to an activating group) is 1. The van der Waals surface area contributed by atoms with Crippen molar-refractivity contribution < 1.29 is 17.9 Å². The van der Waals surface area contributed by atoms with E-state index in [4.69, 9.17) is 9.47 Å². The molecular formula is C15H24N2O4S. The third-order valence-corrected chi connectivity index (χ3v) is 5.92. The summed E-state index contributed by atoms with van der Waals surface area (Å²) in [6, 6.07) is 5.02. The van der Waals surface area contributed by atoms with E-state index < -0.39 is 10.0 Å². The van der Waals surface area contributed by atoms with Crippen molar-refractivity contribution in [2.75, 3.05) is 53.6 Å². The van der Waals surface area contributed by atoms with Gasteiger partial charge in [0.2, 0.25) is 10.0 Å². The lowest BCUT2D eigenvalue weighted by molar-refractivity contribution is 0.0368. The van der Waals surface area contributed by atoms with Crippen LogP contribution in [0.3, 0.4) is 0 Å². The van der Waals surface area contributed by atoms with E-state index in [1.165, 1.54) is 4.31 Å². The van der Waals surface area contributed by atoms with Crippen LogP contribution in [0.2, 0.25) is 0 Å². The molecule has 0 N–H and O–H groups in total. The van der Waals surface area contributed by atoms with E-state index in [9.17, 15) is 8.42 Å². The van der Waals surface area contributed by atoms with E-state index in [0.717, 1.165) is 13.1 Å². The Hall–Kier alpha value is -1.15. The van der Waals surface area contributed by atoms with Gasteiger partial charge in [-0.3, -0.25) is 4.90 Å². The van der Waals surface area contributed by atoms with E-state index in [2.05, 4.69) is 4.90 Å². The van der Waals surface area contributed by atoms with Crippen molar-refractivity contribution in [1.82, 2.24) is 9.21 Å². The molecular weight excluding hydrogens is 304 g/mol. The maximum absolute atomic E-state index is 12.7. The van der Waals surface area contributed by atoms with Crippen LogP contribution in [-0.4, -0.2) is 71.2 Å². The van der Waals surface area contributed by atoms with E-state index >= 15 is 0 Å². The molecule has 2 rings (SSSR count). The minimum absolute atomic E-state index is 0.331. The zero-order valence-corrected chi connectivity index (χ0v) is 14.2. The zero-order chi connectivity index (χ0) is 16.2. The summed E-state index contributed by atoms with van der Waals surface area (Å²) >= 11 is 0. The summed E-state index contributed by atoms with van der Waals surface area (Å²) in [6.45, 7) is 6.11. The number of hydrogen-bond donors (Lipinski definition) is 0. The van der Waals surface area contributed by atoms with Crippen LogP contribution < -0.4 is 4.74 Å². The van der Waals surface area contributed by atoms with Crippen molar-refractivity contribution >= 4 is 10.0 Å². The third kappa shape index (κ3) is 3.98. The zero-order valence-electron chi connectivity index (χ0n) is 13.4. The van der Waals surface area contributed by atoms with Crippen LogP contribution in [0.15, 0.2) is 23.1 Å². The molecule has 0 spiro atoms. The first-order valence-electron chi connectivity index (χ1n) is 7.36. The number of ether oxygens (including phenoxy) is 2. The largest absolute Gasteiger partial charge is 0.497 e. The number of nitrogens with zero attached hydrogens (tertiary/aromatic N) is 2. The van der Waals surface area contributed by atoms with Gasteiger partial charge in [-0.05, 0) is 30.7 Å². The van der Waals surface area contributed by atoms with Crippen LogP contribution in [0.25, 0.3) is 0 Å². The second-order valence-corrected chi connectivity index (χ2v) is 7.43. The Morgan fingerprint density at radius 3 is 2.59 bits per heavy atom. The van der Waals surface area contributed by atoms with E-state index in [1.54, 1.807) is 39.3 Å². The minimum atomic E-state index is -3.48. The van der Waals surface area contributed by atoms with Gasteiger partial charge >= 0.3 is 0 Å². The summed E-state index contributed by atoms with van der Waals surface area (Å²) < 4.78 is 37.2. The summed E-state index contributed by atoms with van der Waals surface area (Å²) in [7, 11) is -0.284. The van der Waals surface area contributed by atoms with Crippen molar-refractivity contribution in [3.63, 3.8) is 0 Å². The van der Waals surface area contributed by atoms with Crippen LogP contribution in [0.4, 0.5) is 0 Å². The molecule has 22 heavy (non-hydrogen) atoms. The maximum Gasteiger partial charge on any atom is 0.243 e. The van der Waals surface area contributed by atoms with Gasteiger partial charge in [0.05, 0.1) is 25.2 Å². The van der Waals surface area contributed by atoms with Gasteiger partial charge in [0.1, 0.15) is 5.75 Å². The summed E-state index contributed by atoms with van der Waals surface area (Å²) in [4.78, 5) is 2.55. The number of rotatable bonds is 6. The second kappa shape index (κ2) is 7.41. The molecule has 0 unspecified atom stereocenters. The van der Waals surface area contributed by atoms with Crippen molar-refractivity contribution in [3.05, 3.63) is 23.8 Å². The molecule has 1 aromatic rings. The molecule has 0 atom stereocenters. The lowest BCUT2D eigenvalue weighted by Crippen LogP contribution is -2.42. The molecule has 0 aromatic heterocycles. The first-order chi connectivity index (χ1) is 10.4. The average Bonchev–Trinajstić information content (AvgIpc) is 2.53. The molecule has 1 fully saturated rings. The molecule has 124 valence electrons. The number of aryl methyl sites for hydroxylation is 1. The summed E-state index contributed by atoms with van der Waals surface area (Å²) in [6.07, 6.45) is 0. The van der Waals surface area contributed by atoms with Gasteiger partial charge in [-0.2, -0.15) is 4.31 Å². The molecule has 0 saturated carbocycles. The highest BCUT2D eigenvalue weighted by Gasteiger charge is 2.23. The highest BCUT2D eigenvalue weighted by atomic mass is 32.2. The van der Waals surface area contributed by atoms with Gasteiger partial charge in [0, 0.05) is 33.2 Å². The fraction of sp³-hybridized carbons (Fsp3) is 0.600. The normalized spacial score (nSPS) is 16.9. The Kier molecular flexibility index (Phi) is 5.80. The van der Waals surface area contributed by atoms with Crippen LogP contribution in [0.1, 0.15) is 5.56 Å². The first kappa shape index (κ1) is 17.2. The Morgan fingerprint density at radius 1 is 1.32 bits per heavy atom. The van der Waals surface area contributed by atoms with Crippen molar-refractivity contribution in [3.8, 4) is 5.75 Å². The lowest BCUT2D eigenvalue weighted by Gasteiger charge is -2.28. The summed E-state index contributed by atoms with van der Waals surface area (Å²) in [5.41, 5.74) is 0.692. The highest BCUT2D eigenvalue weighted by Crippen LogP contribution is 2.23. The Labute approximate surface area is 132 Å². The molecule has 1 aliphatic heterocycles. The first-order valence-corrected chi connectivity index (χ1v) is 8.80. The van der Waals surface area contributed by atoms with Gasteiger partial charge in [-0.25, -0.2) is 8.42 Å². The number of methoxy groups -OCH3 is 1. The second-order valence-electron chi connectivity index (χ2n) is 5.41. The molecule has 0 bridgehead atoms. The molecule has 1 saturated heterocycles. The molecule has 0 aliphatic carbocycles. The highest BCUT2D eigenvalue weighted by molar-refractivity contribution is 7.89. The quantitative estimate of drug-likeness (QED) is 0.778. The molecule has 0 amide bonds. The van der Waals surface area contributed by atoms with Gasteiger partial charge in [0.15, 0.2) is 0 Å². The molecule has 1 heterocycles. The minimum Gasteiger partial charge on any atom is -0.497 e. The predicted molar refractivity (Wildman–Crippen MR) is 84.8 cm³/mol. The van der Waals surface area contributed by atoms with Gasteiger partial charge in [-0.1, -0.05) is 0 Å². The summed E-state index contributed by atoms with van der Waals surface area (Å²) in [5, 5.41) is 0. The van der Waals surface area contributed by atoms with Crippen LogP contribution in [-0.2, 0) is 14.8 Å². The van der Waals surface area contributed by atoms with Gasteiger partial charge in [-0.15, -0.1) is 0 Å². The smallest absolute Gasteiger partial charge is 0.243 e. The van der Waals surface area contributed by atoms with E-state index in [-0.39, 0.29) is 0 Å². The van der Waals surface area contributed by atoms with Crippen molar-refractivity contribution in [2.45, 2.75) is 11.8 Å². The van der Waals surface area contributed by atoms with Crippen LogP contribution in [0, 0.1) is 6.92 Å². The van der Waals surface area contributed by atoms with Crippen molar-refractivity contribution in [2.24, 2.45) is 0 Å². The lowest BCUT2D eigenvalue weighted by atomic mass is 10.2. The van der Waals surface area contributed by atoms with Gasteiger partial charge in [0.25, 0.3) is 0 Å². The summed E-state index contributed by atoms with van der Waals surface area (Å²) in [5.74, 6) is 0.660.